The van der Waals surface area contributed by atoms with E-state index < -0.39 is 41.7 Å². The summed E-state index contributed by atoms with van der Waals surface area (Å²) in [7, 11) is 0. The van der Waals surface area contributed by atoms with Crippen LogP contribution >= 0.6 is 24.0 Å². The average molecular weight is 423 g/mol. The van der Waals surface area contributed by atoms with Gasteiger partial charge in [-0.15, -0.1) is 0 Å². The molecular weight excluding hydrogens is 396 g/mol. The third-order valence-corrected chi connectivity index (χ3v) is 4.49. The summed E-state index contributed by atoms with van der Waals surface area (Å²) in [5, 5.41) is 0. The lowest BCUT2D eigenvalue weighted by molar-refractivity contribution is -0.213. The van der Waals surface area contributed by atoms with Crippen molar-refractivity contribution in [1.82, 2.24) is 0 Å². The van der Waals surface area contributed by atoms with Crippen LogP contribution in [0.15, 0.2) is 0 Å². The second-order valence-electron chi connectivity index (χ2n) is 7.21. The van der Waals surface area contributed by atoms with E-state index in [0.717, 1.165) is 11.8 Å². The highest BCUT2D eigenvalue weighted by Crippen LogP contribution is 2.32. The molecule has 0 saturated carbocycles. The van der Waals surface area contributed by atoms with Crippen molar-refractivity contribution in [3.05, 3.63) is 0 Å². The van der Waals surface area contributed by atoms with Gasteiger partial charge in [0.2, 0.25) is 4.38 Å². The fourth-order valence-electron chi connectivity index (χ4n) is 2.21. The number of esters is 3. The quantitative estimate of drug-likeness (QED) is 0.373. The van der Waals surface area contributed by atoms with E-state index in [2.05, 4.69) is 0 Å². The number of thiocarbonyl (C=S) groups is 1. The molecule has 0 N–H and O–H groups in total. The smallest absolute Gasteiger partial charge is 0.303 e. The summed E-state index contributed by atoms with van der Waals surface area (Å²) in [6.45, 7) is 10.0. The van der Waals surface area contributed by atoms with E-state index in [9.17, 15) is 14.4 Å². The first-order valence-corrected chi connectivity index (χ1v) is 9.64. The van der Waals surface area contributed by atoms with Gasteiger partial charge in [-0.05, 0) is 29.4 Å². The molecule has 1 aliphatic heterocycles. The second kappa shape index (κ2) is 10.2. The normalized spacial score (nSPS) is 25.3. The number of hydrogen-bond donors (Lipinski definition) is 0. The lowest BCUT2D eigenvalue weighted by Crippen LogP contribution is -2.56. The Labute approximate surface area is 168 Å². The summed E-state index contributed by atoms with van der Waals surface area (Å²) >= 11 is 6.26. The lowest BCUT2D eigenvalue weighted by atomic mass is 9.99. The van der Waals surface area contributed by atoms with Crippen LogP contribution in [0.1, 0.15) is 41.5 Å². The number of ether oxygens (including phenoxy) is 5. The molecule has 4 atom stereocenters. The largest absolute Gasteiger partial charge is 0.478 e. The van der Waals surface area contributed by atoms with Crippen LogP contribution < -0.4 is 0 Å². The van der Waals surface area contributed by atoms with Gasteiger partial charge in [-0.3, -0.25) is 14.4 Å². The second-order valence-corrected chi connectivity index (χ2v) is 8.92. The van der Waals surface area contributed by atoms with Crippen LogP contribution in [0.3, 0.4) is 0 Å². The topological polar surface area (TPSA) is 97.4 Å². The van der Waals surface area contributed by atoms with E-state index >= 15 is 0 Å². The van der Waals surface area contributed by atoms with Crippen LogP contribution in [-0.2, 0) is 38.1 Å². The van der Waals surface area contributed by atoms with Crippen molar-refractivity contribution in [3.63, 3.8) is 0 Å². The Morgan fingerprint density at radius 3 is 2.00 bits per heavy atom. The minimum atomic E-state index is -1.02. The SMILES string of the molecule is CC(=O)O[C@@H]1[C@@H](OC(C)=O)[C@H](SC(=S)OCC(C)(C)C)OC[C@H]1OC(C)=O. The molecule has 10 heteroatoms. The number of carbonyl (C=O) groups is 3. The molecule has 1 rings (SSSR count). The van der Waals surface area contributed by atoms with Crippen LogP contribution in [0.2, 0.25) is 0 Å². The van der Waals surface area contributed by atoms with E-state index in [-0.39, 0.29) is 16.4 Å². The Hall–Kier alpha value is -1.39. The Balaban J connectivity index is 2.95. The highest BCUT2D eigenvalue weighted by molar-refractivity contribution is 8.22. The van der Waals surface area contributed by atoms with Crippen molar-refractivity contribution < 1.29 is 38.1 Å². The molecule has 27 heavy (non-hydrogen) atoms. The molecule has 0 aliphatic carbocycles. The minimum Gasteiger partial charge on any atom is -0.478 e. The van der Waals surface area contributed by atoms with Gasteiger partial charge >= 0.3 is 17.9 Å². The highest BCUT2D eigenvalue weighted by atomic mass is 32.2. The van der Waals surface area contributed by atoms with Gasteiger partial charge in [-0.25, -0.2) is 0 Å². The summed E-state index contributed by atoms with van der Waals surface area (Å²) < 4.78 is 27.2. The van der Waals surface area contributed by atoms with E-state index in [1.807, 2.05) is 20.8 Å². The van der Waals surface area contributed by atoms with Gasteiger partial charge in [0, 0.05) is 20.8 Å². The highest BCUT2D eigenvalue weighted by Gasteiger charge is 2.47. The summed E-state index contributed by atoms with van der Waals surface area (Å²) in [6, 6.07) is 0. The fraction of sp³-hybridized carbons (Fsp3) is 0.765. The van der Waals surface area contributed by atoms with E-state index in [0.29, 0.717) is 6.61 Å². The number of rotatable bonds is 5. The molecule has 0 aromatic rings. The first kappa shape index (κ1) is 23.6. The Morgan fingerprint density at radius 1 is 1.00 bits per heavy atom. The minimum absolute atomic E-state index is 0.0468. The van der Waals surface area contributed by atoms with Crippen molar-refractivity contribution in [2.75, 3.05) is 13.2 Å². The number of carbonyl (C=O) groups excluding carboxylic acids is 3. The summed E-state index contributed by atoms with van der Waals surface area (Å²) in [4.78, 5) is 34.4. The van der Waals surface area contributed by atoms with Gasteiger partial charge in [0.05, 0.1) is 13.2 Å². The van der Waals surface area contributed by atoms with Crippen molar-refractivity contribution in [2.45, 2.75) is 65.3 Å². The molecule has 8 nitrogen and oxygen atoms in total. The zero-order chi connectivity index (χ0) is 20.8. The lowest BCUT2D eigenvalue weighted by Gasteiger charge is -2.40. The van der Waals surface area contributed by atoms with Gasteiger partial charge in [-0.1, -0.05) is 20.8 Å². The molecule has 1 heterocycles. The Bertz CT molecular complexity index is 572. The molecule has 0 radical (unpaired) electrons. The maximum atomic E-state index is 11.6. The number of hydrogen-bond acceptors (Lipinski definition) is 10. The molecule has 154 valence electrons. The van der Waals surface area contributed by atoms with Gasteiger partial charge in [0.25, 0.3) is 0 Å². The Kier molecular flexibility index (Phi) is 8.97. The van der Waals surface area contributed by atoms with Crippen molar-refractivity contribution >= 4 is 46.3 Å². The summed E-state index contributed by atoms with van der Waals surface area (Å²) in [5.41, 5.74) is -0.869. The predicted octanol–water partition coefficient (Wildman–Crippen LogP) is 2.22. The summed E-state index contributed by atoms with van der Waals surface area (Å²) in [6.07, 6.45) is -2.95. The van der Waals surface area contributed by atoms with Crippen LogP contribution in [0.5, 0.6) is 0 Å². The van der Waals surface area contributed by atoms with Crippen LogP contribution in [0.4, 0.5) is 0 Å². The van der Waals surface area contributed by atoms with Crippen molar-refractivity contribution in [1.29, 1.82) is 0 Å². The zero-order valence-electron chi connectivity index (χ0n) is 16.3. The molecule has 1 aliphatic rings. The van der Waals surface area contributed by atoms with Gasteiger partial charge < -0.3 is 23.7 Å². The molecule has 1 fully saturated rings. The molecule has 0 aromatic heterocycles. The molecule has 0 spiro atoms. The number of thioether (sulfide) groups is 1. The van der Waals surface area contributed by atoms with E-state index in [1.165, 1.54) is 20.8 Å². The monoisotopic (exact) mass is 422 g/mol. The molecule has 0 amide bonds. The first-order valence-electron chi connectivity index (χ1n) is 8.35. The van der Waals surface area contributed by atoms with E-state index in [4.69, 9.17) is 35.9 Å². The third-order valence-electron chi connectivity index (χ3n) is 3.14. The first-order chi connectivity index (χ1) is 12.4. The van der Waals surface area contributed by atoms with Crippen LogP contribution in [-0.4, -0.2) is 59.3 Å². The molecular formula is C17H26O8S2. The molecule has 0 aromatic carbocycles. The third kappa shape index (κ3) is 8.89. The predicted molar refractivity (Wildman–Crippen MR) is 102 cm³/mol. The van der Waals surface area contributed by atoms with Crippen LogP contribution in [0, 0.1) is 5.41 Å². The average Bonchev–Trinajstić information content (AvgIpc) is 2.49. The van der Waals surface area contributed by atoms with Crippen molar-refractivity contribution in [3.8, 4) is 0 Å². The van der Waals surface area contributed by atoms with Gasteiger partial charge in [0.1, 0.15) is 0 Å². The maximum absolute atomic E-state index is 11.6. The standard InChI is InChI=1S/C17H26O8S2/c1-9(18)23-12-7-21-15(27-16(26)22-8-17(4,5)6)14(25-11(3)20)13(12)24-10(2)19/h12-15H,7-8H2,1-6H3/t12-,13+,14-,15+/m1/s1. The zero-order valence-corrected chi connectivity index (χ0v) is 17.9. The molecule has 1 saturated heterocycles. The maximum Gasteiger partial charge on any atom is 0.303 e. The molecule has 0 bridgehead atoms. The van der Waals surface area contributed by atoms with Crippen molar-refractivity contribution in [2.24, 2.45) is 5.41 Å². The Morgan fingerprint density at radius 2 is 1.52 bits per heavy atom. The molecule has 0 unspecified atom stereocenters. The summed E-state index contributed by atoms with van der Waals surface area (Å²) in [5.74, 6) is -1.78. The van der Waals surface area contributed by atoms with Gasteiger partial charge in [0.15, 0.2) is 23.7 Å². The van der Waals surface area contributed by atoms with E-state index in [1.54, 1.807) is 0 Å². The fourth-order valence-corrected chi connectivity index (χ4v) is 3.37. The van der Waals surface area contributed by atoms with Crippen LogP contribution in [0.25, 0.3) is 0 Å². The van der Waals surface area contributed by atoms with Gasteiger partial charge in [-0.2, -0.15) is 0 Å².